The molecule has 0 spiro atoms. The van der Waals surface area contributed by atoms with Gasteiger partial charge in [0.2, 0.25) is 5.82 Å². The summed E-state index contributed by atoms with van der Waals surface area (Å²) in [5, 5.41) is 14.5. The van der Waals surface area contributed by atoms with E-state index in [1.165, 1.54) is 0 Å². The minimum Gasteiger partial charge on any atom is -0.304 e. The summed E-state index contributed by atoms with van der Waals surface area (Å²) in [6.07, 6.45) is 5.63. The predicted molar refractivity (Wildman–Crippen MR) is 115 cm³/mol. The second kappa shape index (κ2) is 7.34. The second-order valence-electron chi connectivity index (χ2n) is 7.13. The van der Waals surface area contributed by atoms with Gasteiger partial charge in [-0.3, -0.25) is 9.56 Å². The van der Waals surface area contributed by atoms with Gasteiger partial charge in [0.05, 0.1) is 12.1 Å². The molecule has 0 radical (unpaired) electrons. The number of imidazole rings is 1. The first-order valence-electron chi connectivity index (χ1n) is 9.20. The van der Waals surface area contributed by atoms with Crippen LogP contribution in [0, 0.1) is 6.92 Å². The van der Waals surface area contributed by atoms with Crippen LogP contribution in [0.2, 0.25) is 0 Å². The molecule has 0 fully saturated rings. The summed E-state index contributed by atoms with van der Waals surface area (Å²) in [5.41, 5.74) is 4.25. The molecule has 0 saturated heterocycles. The quantitative estimate of drug-likeness (QED) is 0.523. The number of aryl methyl sites for hydroxylation is 1. The van der Waals surface area contributed by atoms with Crippen molar-refractivity contribution in [3.63, 3.8) is 0 Å². The summed E-state index contributed by atoms with van der Waals surface area (Å²) in [5.74, 6) is 0.492. The lowest BCUT2D eigenvalue weighted by Gasteiger charge is -2.21. The lowest BCUT2D eigenvalue weighted by Crippen LogP contribution is -2.23. The van der Waals surface area contributed by atoms with Crippen LogP contribution in [0.3, 0.4) is 0 Å². The zero-order chi connectivity index (χ0) is 20.0. The zero-order valence-corrected chi connectivity index (χ0v) is 17.1. The van der Waals surface area contributed by atoms with Crippen molar-refractivity contribution in [2.24, 2.45) is 4.99 Å². The molecule has 1 aromatic carbocycles. The van der Waals surface area contributed by atoms with Crippen molar-refractivity contribution in [3.05, 3.63) is 81.7 Å². The Morgan fingerprint density at radius 1 is 1.13 bits per heavy atom. The van der Waals surface area contributed by atoms with Crippen LogP contribution in [0.15, 0.2) is 58.5 Å². The molecule has 0 aliphatic carbocycles. The first-order chi connectivity index (χ1) is 14.1. The molecule has 1 atom stereocenters. The number of fused-ring (bicyclic) bond motifs is 1. The van der Waals surface area contributed by atoms with Crippen molar-refractivity contribution < 1.29 is 0 Å². The van der Waals surface area contributed by atoms with Gasteiger partial charge in [-0.15, -0.1) is 22.6 Å². The van der Waals surface area contributed by atoms with Gasteiger partial charge in [-0.2, -0.15) is 5.21 Å². The smallest absolute Gasteiger partial charge is 0.304 e. The van der Waals surface area contributed by atoms with Crippen LogP contribution in [-0.4, -0.2) is 40.9 Å². The molecule has 4 aromatic rings. The maximum Gasteiger partial charge on any atom is 0.327 e. The summed E-state index contributed by atoms with van der Waals surface area (Å²) >= 11 is 0. The largest absolute Gasteiger partial charge is 0.327 e. The van der Waals surface area contributed by atoms with Crippen LogP contribution < -0.4 is 5.69 Å². The Bertz CT molecular complexity index is 1320. The minimum absolute atomic E-state index is 0. The highest BCUT2D eigenvalue weighted by molar-refractivity contribution is 5.96. The monoisotopic (exact) mass is 422 g/mol. The molecule has 0 bridgehead atoms. The van der Waals surface area contributed by atoms with Crippen molar-refractivity contribution in [2.45, 2.75) is 25.9 Å². The standard InChI is InChI=1S/C20H18N8O.ClH/c1-12-8-10-21-17-16(12)22-19(29)28(17)11-14-3-5-15(6-4-14)20(9-7-13(2)23-20)18-24-26-27-25-18;/h3-10H,11H2,1-2H3,(H,22,29)(H,24,25,26,27);1H. The number of allylic oxidation sites excluding steroid dienone is 1. The van der Waals surface area contributed by atoms with Crippen molar-refractivity contribution in [1.82, 2.24) is 35.2 Å². The lowest BCUT2D eigenvalue weighted by molar-refractivity contribution is 0.640. The van der Waals surface area contributed by atoms with E-state index < -0.39 is 5.54 Å². The third-order valence-electron chi connectivity index (χ3n) is 5.21. The number of aromatic amines is 2. The van der Waals surface area contributed by atoms with Crippen LogP contribution in [-0.2, 0) is 12.1 Å². The fourth-order valence-corrected chi connectivity index (χ4v) is 3.70. The first-order valence-corrected chi connectivity index (χ1v) is 9.20. The van der Waals surface area contributed by atoms with Crippen molar-refractivity contribution in [1.29, 1.82) is 0 Å². The predicted octanol–water partition coefficient (Wildman–Crippen LogP) is 2.29. The molecule has 0 amide bonds. The fourth-order valence-electron chi connectivity index (χ4n) is 3.70. The number of hydrogen-bond acceptors (Lipinski definition) is 6. The molecule has 30 heavy (non-hydrogen) atoms. The van der Waals surface area contributed by atoms with Gasteiger partial charge in [-0.25, -0.2) is 9.78 Å². The van der Waals surface area contributed by atoms with E-state index in [9.17, 15) is 4.79 Å². The van der Waals surface area contributed by atoms with Crippen LogP contribution in [0.5, 0.6) is 0 Å². The number of benzene rings is 1. The number of aromatic nitrogens is 7. The third kappa shape index (κ3) is 3.03. The Morgan fingerprint density at radius 3 is 2.60 bits per heavy atom. The van der Waals surface area contributed by atoms with E-state index in [-0.39, 0.29) is 18.1 Å². The Balaban J connectivity index is 0.00000218. The normalized spacial score (nSPS) is 17.9. The molecule has 0 saturated carbocycles. The van der Waals surface area contributed by atoms with Gasteiger partial charge in [-0.05, 0) is 48.8 Å². The van der Waals surface area contributed by atoms with E-state index in [0.717, 1.165) is 27.9 Å². The van der Waals surface area contributed by atoms with Gasteiger partial charge in [0.15, 0.2) is 11.2 Å². The van der Waals surface area contributed by atoms with E-state index in [1.807, 2.05) is 56.3 Å². The summed E-state index contributed by atoms with van der Waals surface area (Å²) in [7, 11) is 0. The van der Waals surface area contributed by atoms with E-state index in [4.69, 9.17) is 4.99 Å². The molecule has 10 heteroatoms. The maximum absolute atomic E-state index is 12.4. The van der Waals surface area contributed by atoms with Crippen LogP contribution in [0.1, 0.15) is 29.4 Å². The van der Waals surface area contributed by atoms with Gasteiger partial charge in [0, 0.05) is 11.9 Å². The zero-order valence-electron chi connectivity index (χ0n) is 16.3. The molecular weight excluding hydrogens is 404 g/mol. The number of halogens is 1. The molecule has 2 N–H and O–H groups in total. The Hall–Kier alpha value is -3.59. The number of aliphatic imine (C=N–C) groups is 1. The summed E-state index contributed by atoms with van der Waals surface area (Å²) in [6.45, 7) is 4.31. The fraction of sp³-hybridized carbons (Fsp3) is 0.200. The highest BCUT2D eigenvalue weighted by Gasteiger charge is 2.38. The van der Waals surface area contributed by atoms with E-state index in [0.29, 0.717) is 18.0 Å². The van der Waals surface area contributed by atoms with Crippen molar-refractivity contribution in [2.75, 3.05) is 0 Å². The molecular formula is C20H19ClN8O. The third-order valence-corrected chi connectivity index (χ3v) is 5.21. The van der Waals surface area contributed by atoms with Gasteiger partial charge in [-0.1, -0.05) is 29.5 Å². The van der Waals surface area contributed by atoms with Gasteiger partial charge >= 0.3 is 5.69 Å². The second-order valence-corrected chi connectivity index (χ2v) is 7.13. The molecule has 1 aliphatic rings. The van der Waals surface area contributed by atoms with Gasteiger partial charge < -0.3 is 4.98 Å². The average Bonchev–Trinajstić information content (AvgIpc) is 3.44. The Morgan fingerprint density at radius 2 is 1.93 bits per heavy atom. The first kappa shape index (κ1) is 19.7. The molecule has 152 valence electrons. The van der Waals surface area contributed by atoms with Crippen LogP contribution >= 0.6 is 12.4 Å². The Kier molecular flexibility index (Phi) is 4.83. The SMILES string of the molecule is CC1=NC(c2ccc(Cn3c(=O)[nH]c4c(C)ccnc43)cc2)(c2nn[nH]n2)C=C1.Cl. The number of rotatable bonds is 4. The number of H-pyrrole nitrogens is 2. The average molecular weight is 423 g/mol. The number of nitrogens with one attached hydrogen (secondary N) is 2. The summed E-state index contributed by atoms with van der Waals surface area (Å²) < 4.78 is 1.64. The molecule has 4 heterocycles. The Labute approximate surface area is 177 Å². The molecule has 1 unspecified atom stereocenters. The highest BCUT2D eigenvalue weighted by Crippen LogP contribution is 2.36. The lowest BCUT2D eigenvalue weighted by atomic mass is 9.89. The molecule has 1 aliphatic heterocycles. The number of pyridine rings is 1. The maximum atomic E-state index is 12.4. The van der Waals surface area contributed by atoms with E-state index in [2.05, 4.69) is 30.6 Å². The van der Waals surface area contributed by atoms with E-state index in [1.54, 1.807) is 10.8 Å². The molecule has 9 nitrogen and oxygen atoms in total. The van der Waals surface area contributed by atoms with Crippen LogP contribution in [0.4, 0.5) is 0 Å². The molecule has 3 aromatic heterocycles. The topological polar surface area (TPSA) is 118 Å². The minimum atomic E-state index is -0.786. The van der Waals surface area contributed by atoms with E-state index >= 15 is 0 Å². The highest BCUT2D eigenvalue weighted by atomic mass is 35.5. The van der Waals surface area contributed by atoms with Crippen molar-refractivity contribution >= 4 is 29.3 Å². The summed E-state index contributed by atoms with van der Waals surface area (Å²) in [6, 6.07) is 9.81. The number of hydrogen-bond donors (Lipinski definition) is 2. The summed E-state index contributed by atoms with van der Waals surface area (Å²) in [4.78, 5) is 24.4. The van der Waals surface area contributed by atoms with Gasteiger partial charge in [0.1, 0.15) is 0 Å². The van der Waals surface area contributed by atoms with Gasteiger partial charge in [0.25, 0.3) is 0 Å². The number of nitrogens with zero attached hydrogens (tertiary/aromatic N) is 6. The number of tetrazole rings is 1. The van der Waals surface area contributed by atoms with Crippen LogP contribution in [0.25, 0.3) is 11.2 Å². The molecule has 5 rings (SSSR count). The van der Waals surface area contributed by atoms with Crippen molar-refractivity contribution in [3.8, 4) is 0 Å².